The Kier molecular flexibility index (Phi) is 5.22. The van der Waals surface area contributed by atoms with Gasteiger partial charge in [0.1, 0.15) is 0 Å². The van der Waals surface area contributed by atoms with Crippen LogP contribution in [0, 0.1) is 6.92 Å². The van der Waals surface area contributed by atoms with Gasteiger partial charge < -0.3 is 4.57 Å². The monoisotopic (exact) mass is 391 g/mol. The Balaban J connectivity index is 1.82. The molecule has 0 aliphatic rings. The lowest BCUT2D eigenvalue weighted by Gasteiger charge is -2.28. The van der Waals surface area contributed by atoms with Gasteiger partial charge in [0.15, 0.2) is 0 Å². The Morgan fingerprint density at radius 3 is 2.23 bits per heavy atom. The van der Waals surface area contributed by atoms with Gasteiger partial charge in [-0.15, -0.1) is 0 Å². The van der Waals surface area contributed by atoms with E-state index < -0.39 is 0 Å². The second kappa shape index (κ2) is 7.84. The number of aryl methyl sites for hydroxylation is 2. The molecule has 0 aliphatic carbocycles. The molecule has 0 radical (unpaired) electrons. The third-order valence-electron chi connectivity index (χ3n) is 6.27. The van der Waals surface area contributed by atoms with Crippen molar-refractivity contribution >= 4 is 17.0 Å². The highest BCUT2D eigenvalue weighted by Gasteiger charge is 2.24. The van der Waals surface area contributed by atoms with Gasteiger partial charge in [-0.25, -0.2) is 0 Å². The third kappa shape index (κ3) is 3.41. The van der Waals surface area contributed by atoms with Crippen LogP contribution < -0.4 is 0 Å². The topological polar surface area (TPSA) is 4.93 Å². The van der Waals surface area contributed by atoms with Crippen molar-refractivity contribution in [3.8, 4) is 11.3 Å². The summed E-state index contributed by atoms with van der Waals surface area (Å²) in [5.41, 5.74) is 8.51. The molecule has 3 aromatic carbocycles. The average Bonchev–Trinajstić information content (AvgIpc) is 3.04. The summed E-state index contributed by atoms with van der Waals surface area (Å²) < 4.78 is 2.29. The van der Waals surface area contributed by atoms with Crippen LogP contribution in [0.15, 0.2) is 97.1 Å². The van der Waals surface area contributed by atoms with E-state index in [0.29, 0.717) is 0 Å². The molecule has 0 atom stereocenters. The van der Waals surface area contributed by atoms with E-state index in [-0.39, 0.29) is 5.41 Å². The molecule has 0 saturated carbocycles. The Morgan fingerprint density at radius 1 is 0.867 bits per heavy atom. The van der Waals surface area contributed by atoms with Gasteiger partial charge in [-0.3, -0.25) is 0 Å². The highest BCUT2D eigenvalue weighted by Crippen LogP contribution is 2.37. The maximum absolute atomic E-state index is 4.45. The van der Waals surface area contributed by atoms with Crippen molar-refractivity contribution in [3.05, 3.63) is 114 Å². The predicted octanol–water partition coefficient (Wildman–Crippen LogP) is 7.70. The number of aromatic nitrogens is 1. The maximum Gasteiger partial charge on any atom is 0.0562 e. The Bertz CT molecular complexity index is 1240. The number of benzene rings is 3. The van der Waals surface area contributed by atoms with Crippen molar-refractivity contribution in [2.24, 2.45) is 7.05 Å². The lowest BCUT2D eigenvalue weighted by Crippen LogP contribution is -2.19. The Labute approximate surface area is 180 Å². The van der Waals surface area contributed by atoms with Gasteiger partial charge in [0, 0.05) is 28.9 Å². The first-order chi connectivity index (χ1) is 14.4. The molecule has 30 heavy (non-hydrogen) atoms. The second-order valence-corrected chi connectivity index (χ2v) is 8.50. The molecule has 1 aromatic heterocycles. The van der Waals surface area contributed by atoms with Crippen molar-refractivity contribution in [1.82, 2.24) is 4.57 Å². The quantitative estimate of drug-likeness (QED) is 0.307. The van der Waals surface area contributed by atoms with Crippen LogP contribution in [0.3, 0.4) is 0 Å². The third-order valence-corrected chi connectivity index (χ3v) is 6.27. The molecule has 1 nitrogen and oxygen atoms in total. The highest BCUT2D eigenvalue weighted by molar-refractivity contribution is 5.97. The minimum Gasteiger partial charge on any atom is -0.343 e. The normalized spacial score (nSPS) is 12.0. The SMILES string of the molecule is C=C(/C=C/c1c(-c2ccccc2)n(C)c2ccccc12)C(C)(C)c1ccccc1C. The van der Waals surface area contributed by atoms with Crippen LogP contribution in [0.5, 0.6) is 0 Å². The summed E-state index contributed by atoms with van der Waals surface area (Å²) in [5, 5.41) is 1.26. The lowest BCUT2D eigenvalue weighted by atomic mass is 9.76. The van der Waals surface area contributed by atoms with E-state index in [4.69, 9.17) is 0 Å². The molecular formula is C29H29N. The van der Waals surface area contributed by atoms with Crippen LogP contribution in [0.25, 0.3) is 28.2 Å². The molecule has 0 bridgehead atoms. The van der Waals surface area contributed by atoms with E-state index in [0.717, 1.165) is 5.57 Å². The van der Waals surface area contributed by atoms with Crippen molar-refractivity contribution in [3.63, 3.8) is 0 Å². The largest absolute Gasteiger partial charge is 0.343 e. The van der Waals surface area contributed by atoms with Gasteiger partial charge >= 0.3 is 0 Å². The lowest BCUT2D eigenvalue weighted by molar-refractivity contribution is 0.637. The van der Waals surface area contributed by atoms with Crippen molar-refractivity contribution in [1.29, 1.82) is 0 Å². The van der Waals surface area contributed by atoms with Gasteiger partial charge in [0.25, 0.3) is 0 Å². The molecule has 4 rings (SSSR count). The number of allylic oxidation sites excluding steroid dienone is 2. The molecule has 0 aliphatic heterocycles. The first-order valence-electron chi connectivity index (χ1n) is 10.5. The zero-order valence-corrected chi connectivity index (χ0v) is 18.3. The van der Waals surface area contributed by atoms with E-state index in [2.05, 4.69) is 130 Å². The number of fused-ring (bicyclic) bond motifs is 1. The van der Waals surface area contributed by atoms with Crippen LogP contribution in [0.1, 0.15) is 30.5 Å². The molecule has 0 spiro atoms. The summed E-state index contributed by atoms with van der Waals surface area (Å²) in [6.45, 7) is 11.1. The summed E-state index contributed by atoms with van der Waals surface area (Å²) in [6.07, 6.45) is 4.44. The fourth-order valence-corrected chi connectivity index (χ4v) is 4.38. The summed E-state index contributed by atoms with van der Waals surface area (Å²) in [5.74, 6) is 0. The zero-order valence-electron chi connectivity index (χ0n) is 18.3. The van der Waals surface area contributed by atoms with Crippen LogP contribution >= 0.6 is 0 Å². The van der Waals surface area contributed by atoms with Crippen LogP contribution in [0.4, 0.5) is 0 Å². The molecule has 1 heterocycles. The highest BCUT2D eigenvalue weighted by atomic mass is 14.9. The Morgan fingerprint density at radius 2 is 1.50 bits per heavy atom. The first-order valence-corrected chi connectivity index (χ1v) is 10.5. The van der Waals surface area contributed by atoms with Gasteiger partial charge in [-0.1, -0.05) is 105 Å². The molecule has 1 heteroatoms. The van der Waals surface area contributed by atoms with Crippen molar-refractivity contribution in [2.75, 3.05) is 0 Å². The van der Waals surface area contributed by atoms with E-state index >= 15 is 0 Å². The summed E-state index contributed by atoms with van der Waals surface area (Å²) in [6, 6.07) is 27.8. The van der Waals surface area contributed by atoms with E-state index in [9.17, 15) is 0 Å². The van der Waals surface area contributed by atoms with Crippen LogP contribution in [-0.4, -0.2) is 4.57 Å². The van der Waals surface area contributed by atoms with E-state index in [1.165, 1.54) is 38.9 Å². The summed E-state index contributed by atoms with van der Waals surface area (Å²) in [4.78, 5) is 0. The number of para-hydroxylation sites is 1. The molecule has 0 N–H and O–H groups in total. The zero-order chi connectivity index (χ0) is 21.3. The second-order valence-electron chi connectivity index (χ2n) is 8.50. The molecule has 4 aromatic rings. The van der Waals surface area contributed by atoms with Crippen LogP contribution in [0.2, 0.25) is 0 Å². The number of rotatable bonds is 5. The molecule has 0 fully saturated rings. The smallest absolute Gasteiger partial charge is 0.0562 e. The van der Waals surface area contributed by atoms with Gasteiger partial charge in [0.2, 0.25) is 0 Å². The summed E-state index contributed by atoms with van der Waals surface area (Å²) in [7, 11) is 2.15. The van der Waals surface area contributed by atoms with E-state index in [1.54, 1.807) is 0 Å². The Hall–Kier alpha value is -3.32. The number of hydrogen-bond donors (Lipinski definition) is 0. The van der Waals surface area contributed by atoms with Gasteiger partial charge in [-0.2, -0.15) is 0 Å². The fourth-order valence-electron chi connectivity index (χ4n) is 4.38. The molecular weight excluding hydrogens is 362 g/mol. The van der Waals surface area contributed by atoms with Gasteiger partial charge in [-0.05, 0) is 35.3 Å². The standard InChI is InChI=1S/C29H29N/c1-21-13-9-11-17-26(21)29(3,4)22(2)19-20-25-24-16-10-12-18-27(24)30(5)28(25)23-14-7-6-8-15-23/h6-20H,2H2,1,3-5H3/b20-19+. The maximum atomic E-state index is 4.45. The first kappa shape index (κ1) is 20.0. The predicted molar refractivity (Wildman–Crippen MR) is 131 cm³/mol. The van der Waals surface area contributed by atoms with Crippen molar-refractivity contribution in [2.45, 2.75) is 26.2 Å². The van der Waals surface area contributed by atoms with E-state index in [1.807, 2.05) is 0 Å². The fraction of sp³-hybridized carbons (Fsp3) is 0.172. The number of nitrogens with zero attached hydrogens (tertiary/aromatic N) is 1. The van der Waals surface area contributed by atoms with Crippen LogP contribution in [-0.2, 0) is 12.5 Å². The number of hydrogen-bond acceptors (Lipinski definition) is 0. The van der Waals surface area contributed by atoms with Gasteiger partial charge in [0.05, 0.1) is 5.69 Å². The average molecular weight is 392 g/mol. The minimum atomic E-state index is -0.140. The molecule has 0 unspecified atom stereocenters. The van der Waals surface area contributed by atoms with Crippen molar-refractivity contribution < 1.29 is 0 Å². The summed E-state index contributed by atoms with van der Waals surface area (Å²) >= 11 is 0. The molecule has 0 amide bonds. The molecule has 0 saturated heterocycles. The minimum absolute atomic E-state index is 0.140. The molecule has 150 valence electrons.